The van der Waals surface area contributed by atoms with Crippen molar-refractivity contribution in [2.45, 2.75) is 12.1 Å². The number of benzene rings is 2. The molecular weight excluding hydrogens is 480 g/mol. The quantitative estimate of drug-likeness (QED) is 0.201. The van der Waals surface area contributed by atoms with Crippen molar-refractivity contribution in [1.29, 1.82) is 0 Å². The van der Waals surface area contributed by atoms with Gasteiger partial charge in [-0.05, 0) is 48.6 Å². The fourth-order valence-electron chi connectivity index (χ4n) is 4.33. The summed E-state index contributed by atoms with van der Waals surface area (Å²) < 4.78 is 17.4. The molecule has 0 radical (unpaired) electrons. The summed E-state index contributed by atoms with van der Waals surface area (Å²) in [6.45, 7) is 0. The van der Waals surface area contributed by atoms with Crippen LogP contribution in [-0.4, -0.2) is 29.2 Å². The fourth-order valence-corrected chi connectivity index (χ4v) is 4.67. The first-order valence-electron chi connectivity index (χ1n) is 11.1. The van der Waals surface area contributed by atoms with Gasteiger partial charge in [0.1, 0.15) is 29.1 Å². The van der Waals surface area contributed by atoms with E-state index in [1.165, 1.54) is 12.1 Å². The Morgan fingerprint density at radius 2 is 1.92 bits per heavy atom. The lowest BCUT2D eigenvalue weighted by atomic mass is 10.0. The van der Waals surface area contributed by atoms with Gasteiger partial charge in [0.15, 0.2) is 5.11 Å². The van der Waals surface area contributed by atoms with Crippen LogP contribution in [0.5, 0.6) is 11.5 Å². The topological polar surface area (TPSA) is 103 Å². The molecule has 1 aliphatic heterocycles. The summed E-state index contributed by atoms with van der Waals surface area (Å²) >= 11 is 5.78. The second-order valence-corrected chi connectivity index (χ2v) is 8.43. The molecule has 1 N–H and O–H groups in total. The highest BCUT2D eigenvalue weighted by atomic mass is 32.1. The predicted molar refractivity (Wildman–Crippen MR) is 138 cm³/mol. The third kappa shape index (κ3) is 4.22. The van der Waals surface area contributed by atoms with E-state index in [1.54, 1.807) is 38.6 Å². The summed E-state index contributed by atoms with van der Waals surface area (Å²) in [5.41, 5.74) is 2.07. The van der Waals surface area contributed by atoms with E-state index in [0.29, 0.717) is 39.4 Å². The lowest BCUT2D eigenvalue weighted by molar-refractivity contribution is -0.384. The minimum atomic E-state index is -0.430. The highest BCUT2D eigenvalue weighted by Gasteiger charge is 2.43. The Balaban J connectivity index is 1.63. The van der Waals surface area contributed by atoms with E-state index in [4.69, 9.17) is 26.1 Å². The van der Waals surface area contributed by atoms with Gasteiger partial charge in [0.25, 0.3) is 5.69 Å². The van der Waals surface area contributed by atoms with Crippen molar-refractivity contribution < 1.29 is 18.8 Å². The summed E-state index contributed by atoms with van der Waals surface area (Å²) in [6, 6.07) is 20.4. The van der Waals surface area contributed by atoms with Gasteiger partial charge in [-0.1, -0.05) is 18.2 Å². The first-order chi connectivity index (χ1) is 17.5. The third-order valence-electron chi connectivity index (χ3n) is 6.00. The zero-order valence-electron chi connectivity index (χ0n) is 19.5. The first-order valence-corrected chi connectivity index (χ1v) is 11.5. The van der Waals surface area contributed by atoms with Crippen LogP contribution in [0.1, 0.15) is 23.5 Å². The van der Waals surface area contributed by atoms with Gasteiger partial charge in [0, 0.05) is 30.0 Å². The molecule has 10 heteroatoms. The number of rotatable bonds is 7. The third-order valence-corrected chi connectivity index (χ3v) is 6.32. The monoisotopic (exact) mass is 502 g/mol. The standard InChI is InChI=1S/C26H22N4O5S/c1-33-18-9-10-22(34-2)20(15-18)29-25(24(28-26(29)36)19-8-3-4-13-27-19)23-12-11-21(35-23)16-6-5-7-17(14-16)30(31)32/h3-15,24-25H,1-2H3,(H,28,36)/t24-,25-/m1/s1. The molecule has 2 aromatic carbocycles. The van der Waals surface area contributed by atoms with E-state index < -0.39 is 11.0 Å². The maximum Gasteiger partial charge on any atom is 0.270 e. The maximum absolute atomic E-state index is 11.3. The van der Waals surface area contributed by atoms with Gasteiger partial charge in [-0.3, -0.25) is 15.1 Å². The van der Waals surface area contributed by atoms with Crippen molar-refractivity contribution in [3.63, 3.8) is 0 Å². The molecule has 36 heavy (non-hydrogen) atoms. The Morgan fingerprint density at radius 1 is 1.06 bits per heavy atom. The Morgan fingerprint density at radius 3 is 2.64 bits per heavy atom. The van der Waals surface area contributed by atoms with Gasteiger partial charge in [0.05, 0.1) is 36.6 Å². The molecule has 3 heterocycles. The largest absolute Gasteiger partial charge is 0.497 e. The van der Waals surface area contributed by atoms with Crippen molar-refractivity contribution in [3.05, 3.63) is 101 Å². The van der Waals surface area contributed by atoms with Crippen LogP contribution in [0.2, 0.25) is 0 Å². The van der Waals surface area contributed by atoms with Crippen molar-refractivity contribution in [3.8, 4) is 22.8 Å². The number of nitrogens with one attached hydrogen (secondary N) is 1. The van der Waals surface area contributed by atoms with E-state index in [9.17, 15) is 10.1 Å². The van der Waals surface area contributed by atoms with Gasteiger partial charge in [-0.15, -0.1) is 0 Å². The Hall–Kier alpha value is -4.44. The van der Waals surface area contributed by atoms with E-state index in [-0.39, 0.29) is 11.7 Å². The van der Waals surface area contributed by atoms with Gasteiger partial charge in [-0.25, -0.2) is 0 Å². The van der Waals surface area contributed by atoms with Crippen molar-refractivity contribution in [2.24, 2.45) is 0 Å². The number of nitrogens with zero attached hydrogens (tertiary/aromatic N) is 3. The van der Waals surface area contributed by atoms with E-state index in [0.717, 1.165) is 5.69 Å². The molecule has 0 spiro atoms. The molecule has 182 valence electrons. The second kappa shape index (κ2) is 9.67. The minimum Gasteiger partial charge on any atom is -0.497 e. The van der Waals surface area contributed by atoms with Crippen molar-refractivity contribution in [2.75, 3.05) is 19.1 Å². The number of thiocarbonyl (C=S) groups is 1. The average Bonchev–Trinajstić information content (AvgIpc) is 3.53. The number of pyridine rings is 1. The molecule has 1 aliphatic rings. The number of furan rings is 1. The van der Waals surface area contributed by atoms with Gasteiger partial charge >= 0.3 is 0 Å². The zero-order chi connectivity index (χ0) is 25.2. The Kier molecular flexibility index (Phi) is 6.26. The molecule has 0 bridgehead atoms. The lowest BCUT2D eigenvalue weighted by Gasteiger charge is -2.27. The van der Waals surface area contributed by atoms with Crippen LogP contribution in [0.15, 0.2) is 83.4 Å². The van der Waals surface area contributed by atoms with Crippen molar-refractivity contribution in [1.82, 2.24) is 10.3 Å². The molecule has 1 fully saturated rings. The summed E-state index contributed by atoms with van der Waals surface area (Å²) in [4.78, 5) is 17.3. The summed E-state index contributed by atoms with van der Waals surface area (Å²) in [7, 11) is 3.19. The average molecular weight is 503 g/mol. The van der Waals surface area contributed by atoms with Crippen LogP contribution in [0.4, 0.5) is 11.4 Å². The normalized spacial score (nSPS) is 17.1. The molecule has 0 aliphatic carbocycles. The SMILES string of the molecule is COc1ccc(OC)c(N2C(=S)N[C@H](c3ccccn3)[C@H]2c2ccc(-c3cccc([N+](=O)[O-])c3)o2)c1. The number of methoxy groups -OCH3 is 2. The fraction of sp³-hybridized carbons (Fsp3) is 0.154. The molecule has 0 amide bonds. The molecule has 9 nitrogen and oxygen atoms in total. The smallest absolute Gasteiger partial charge is 0.270 e. The van der Waals surface area contributed by atoms with Crippen LogP contribution in [0, 0.1) is 10.1 Å². The highest BCUT2D eigenvalue weighted by Crippen LogP contribution is 2.46. The van der Waals surface area contributed by atoms with Crippen LogP contribution < -0.4 is 19.7 Å². The van der Waals surface area contributed by atoms with Gasteiger partial charge < -0.3 is 24.1 Å². The Labute approximate surface area is 212 Å². The summed E-state index contributed by atoms with van der Waals surface area (Å²) in [6.07, 6.45) is 1.72. The lowest BCUT2D eigenvalue weighted by Crippen LogP contribution is -2.29. The minimum absolute atomic E-state index is 0.0109. The van der Waals surface area contributed by atoms with E-state index >= 15 is 0 Å². The molecule has 0 saturated carbocycles. The number of aromatic nitrogens is 1. The van der Waals surface area contributed by atoms with Crippen molar-refractivity contribution >= 4 is 28.7 Å². The highest BCUT2D eigenvalue weighted by molar-refractivity contribution is 7.80. The number of non-ortho nitro benzene ring substituents is 1. The molecular formula is C26H22N4O5S. The number of nitro benzene ring substituents is 1. The predicted octanol–water partition coefficient (Wildman–Crippen LogP) is 5.44. The molecule has 4 aromatic rings. The number of hydrogen-bond acceptors (Lipinski definition) is 7. The van der Waals surface area contributed by atoms with Gasteiger partial charge in [-0.2, -0.15) is 0 Å². The summed E-state index contributed by atoms with van der Waals surface area (Å²) in [5, 5.41) is 15.1. The maximum atomic E-state index is 11.3. The summed E-state index contributed by atoms with van der Waals surface area (Å²) in [5.74, 6) is 2.36. The molecule has 2 atom stereocenters. The number of hydrogen-bond donors (Lipinski definition) is 1. The van der Waals surface area contributed by atoms with Gasteiger partial charge in [0.2, 0.25) is 0 Å². The first kappa shape index (κ1) is 23.3. The zero-order valence-corrected chi connectivity index (χ0v) is 20.3. The second-order valence-electron chi connectivity index (χ2n) is 8.04. The van der Waals surface area contributed by atoms with E-state index in [1.807, 2.05) is 47.4 Å². The van der Waals surface area contributed by atoms with Crippen LogP contribution >= 0.6 is 12.2 Å². The number of nitro groups is 1. The number of ether oxygens (including phenoxy) is 2. The molecule has 5 rings (SSSR count). The van der Waals surface area contributed by atoms with E-state index in [2.05, 4.69) is 10.3 Å². The molecule has 0 unspecified atom stereocenters. The van der Waals surface area contributed by atoms with Crippen LogP contribution in [0.25, 0.3) is 11.3 Å². The molecule has 1 saturated heterocycles. The number of anilines is 1. The Bertz CT molecular complexity index is 1420. The van der Waals surface area contributed by atoms with Crippen LogP contribution in [0.3, 0.4) is 0 Å². The van der Waals surface area contributed by atoms with Crippen LogP contribution in [-0.2, 0) is 0 Å². The molecule has 2 aromatic heterocycles.